The Hall–Kier alpha value is 0.434. The fraction of sp³-hybridized carbons (Fsp3) is 1.00. The molecule has 0 fully saturated rings. The predicted octanol–water partition coefficient (Wildman–Crippen LogP) is 7.10. The van der Waals surface area contributed by atoms with Crippen LogP contribution in [0.5, 0.6) is 0 Å². The molecule has 0 saturated heterocycles. The minimum Gasteiger partial charge on any atom is -0.0678 e. The molecule has 0 bridgehead atoms. The molecule has 0 N–H and O–H groups in total. The van der Waals surface area contributed by atoms with Crippen molar-refractivity contribution in [2.75, 3.05) is 0 Å². The summed E-state index contributed by atoms with van der Waals surface area (Å²) < 4.78 is 0. The van der Waals surface area contributed by atoms with E-state index in [0.717, 1.165) is 0 Å². The van der Waals surface area contributed by atoms with E-state index >= 15 is 0 Å². The SMILES string of the molecule is CCCCC([Si](CC)(CC)CC)[Si](CC)(CC)CC. The van der Waals surface area contributed by atoms with Crippen molar-refractivity contribution >= 4 is 16.1 Å². The van der Waals surface area contributed by atoms with Crippen LogP contribution in [-0.2, 0) is 0 Å². The Morgan fingerprint density at radius 3 is 1.11 bits per heavy atom. The summed E-state index contributed by atoms with van der Waals surface area (Å²) in [6, 6.07) is 9.19. The van der Waals surface area contributed by atoms with E-state index in [-0.39, 0.29) is 0 Å². The summed E-state index contributed by atoms with van der Waals surface area (Å²) in [6.45, 7) is 17.4. The molecule has 0 amide bonds. The van der Waals surface area contributed by atoms with Gasteiger partial charge in [0.15, 0.2) is 0 Å². The van der Waals surface area contributed by atoms with Crippen LogP contribution in [0.15, 0.2) is 0 Å². The molecule has 0 rings (SSSR count). The van der Waals surface area contributed by atoms with Gasteiger partial charge in [0.1, 0.15) is 0 Å². The van der Waals surface area contributed by atoms with E-state index < -0.39 is 16.1 Å². The van der Waals surface area contributed by atoms with Gasteiger partial charge < -0.3 is 0 Å². The van der Waals surface area contributed by atoms with Gasteiger partial charge in [-0.3, -0.25) is 0 Å². The Morgan fingerprint density at radius 1 is 0.579 bits per heavy atom. The van der Waals surface area contributed by atoms with Crippen LogP contribution >= 0.6 is 0 Å². The summed E-state index contributed by atoms with van der Waals surface area (Å²) >= 11 is 0. The largest absolute Gasteiger partial charge is 0.0678 e. The molecule has 2 heteroatoms. The fourth-order valence-electron chi connectivity index (χ4n) is 4.65. The van der Waals surface area contributed by atoms with E-state index in [1.807, 2.05) is 0 Å². The maximum absolute atomic E-state index is 2.51. The Morgan fingerprint density at radius 2 is 0.895 bits per heavy atom. The van der Waals surface area contributed by atoms with Crippen LogP contribution in [0.2, 0.25) is 41.4 Å². The summed E-state index contributed by atoms with van der Waals surface area (Å²) in [6.07, 6.45) is 4.44. The summed E-state index contributed by atoms with van der Waals surface area (Å²) in [4.78, 5) is 0. The topological polar surface area (TPSA) is 0 Å². The normalized spacial score (nSPS) is 13.3. The smallest absolute Gasteiger partial charge is 0.0532 e. The van der Waals surface area contributed by atoms with Gasteiger partial charge in [0.25, 0.3) is 0 Å². The molecule has 0 aromatic heterocycles. The van der Waals surface area contributed by atoms with Crippen LogP contribution in [-0.4, -0.2) is 16.1 Å². The van der Waals surface area contributed by atoms with Gasteiger partial charge >= 0.3 is 0 Å². The second-order valence-electron chi connectivity index (χ2n) is 6.54. The lowest BCUT2D eigenvalue weighted by molar-refractivity contribution is 0.713. The van der Waals surface area contributed by atoms with Gasteiger partial charge in [-0.15, -0.1) is 0 Å². The van der Waals surface area contributed by atoms with Crippen molar-refractivity contribution in [3.63, 3.8) is 0 Å². The van der Waals surface area contributed by atoms with Crippen molar-refractivity contribution in [3.8, 4) is 0 Å². The molecular formula is C17H40Si2. The molecule has 0 heterocycles. The molecule has 0 aliphatic rings. The summed E-state index contributed by atoms with van der Waals surface area (Å²) in [5.41, 5.74) is 0. The van der Waals surface area contributed by atoms with Crippen LogP contribution in [0.1, 0.15) is 67.7 Å². The highest BCUT2D eigenvalue weighted by Crippen LogP contribution is 2.47. The Balaban J connectivity index is 5.49. The van der Waals surface area contributed by atoms with Gasteiger partial charge in [-0.05, 0) is 5.16 Å². The first-order valence-electron chi connectivity index (χ1n) is 9.06. The highest BCUT2D eigenvalue weighted by atomic mass is 28.4. The summed E-state index contributed by atoms with van der Waals surface area (Å²) in [5.74, 6) is 0. The number of unbranched alkanes of at least 4 members (excludes halogenated alkanes) is 1. The van der Waals surface area contributed by atoms with Gasteiger partial charge in [0.2, 0.25) is 0 Å². The van der Waals surface area contributed by atoms with Gasteiger partial charge in [-0.25, -0.2) is 0 Å². The van der Waals surface area contributed by atoms with Crippen LogP contribution in [0.25, 0.3) is 0 Å². The zero-order chi connectivity index (χ0) is 14.9. The van der Waals surface area contributed by atoms with Gasteiger partial charge in [-0.2, -0.15) is 0 Å². The average molecular weight is 301 g/mol. The third kappa shape index (κ3) is 4.20. The minimum absolute atomic E-state index is 1.02. The fourth-order valence-corrected chi connectivity index (χ4v) is 21.1. The van der Waals surface area contributed by atoms with Crippen molar-refractivity contribution in [3.05, 3.63) is 0 Å². The maximum atomic E-state index is 2.51. The van der Waals surface area contributed by atoms with E-state index in [0.29, 0.717) is 0 Å². The molecule has 0 saturated carbocycles. The summed E-state index contributed by atoms with van der Waals surface area (Å²) in [7, 11) is -2.04. The minimum atomic E-state index is -1.02. The number of hydrogen-bond acceptors (Lipinski definition) is 0. The molecule has 0 atom stereocenters. The van der Waals surface area contributed by atoms with Crippen LogP contribution in [0.4, 0.5) is 0 Å². The van der Waals surface area contributed by atoms with Crippen molar-refractivity contribution in [2.45, 2.75) is 109 Å². The molecule has 0 aromatic rings. The van der Waals surface area contributed by atoms with Crippen LogP contribution in [0.3, 0.4) is 0 Å². The van der Waals surface area contributed by atoms with Gasteiger partial charge in [0, 0.05) is 0 Å². The molecule has 0 spiro atoms. The third-order valence-corrected chi connectivity index (χ3v) is 22.2. The Bertz CT molecular complexity index is 181. The second-order valence-corrected chi connectivity index (χ2v) is 18.2. The predicted molar refractivity (Wildman–Crippen MR) is 97.7 cm³/mol. The van der Waals surface area contributed by atoms with Crippen LogP contribution in [0, 0.1) is 0 Å². The molecule has 0 radical (unpaired) electrons. The lowest BCUT2D eigenvalue weighted by atomic mass is 10.3. The van der Waals surface area contributed by atoms with E-state index in [4.69, 9.17) is 0 Å². The Labute approximate surface area is 125 Å². The Kier molecular flexibility index (Phi) is 9.60. The number of hydrogen-bond donors (Lipinski definition) is 0. The standard InChI is InChI=1S/C17H40Si2/c1-8-15-16-17(18(9-2,10-3)11-4)19(12-5,13-6)14-7/h17H,8-16H2,1-7H3. The monoisotopic (exact) mass is 300 g/mol. The van der Waals surface area contributed by atoms with E-state index in [1.54, 1.807) is 6.42 Å². The second kappa shape index (κ2) is 9.38. The molecule has 19 heavy (non-hydrogen) atoms. The molecule has 0 unspecified atom stereocenters. The van der Waals surface area contributed by atoms with Crippen molar-refractivity contribution in [1.82, 2.24) is 0 Å². The van der Waals surface area contributed by atoms with Crippen LogP contribution < -0.4 is 0 Å². The molecule has 0 aliphatic carbocycles. The zero-order valence-corrected chi connectivity index (χ0v) is 16.9. The zero-order valence-electron chi connectivity index (χ0n) is 14.9. The molecule has 116 valence electrons. The first kappa shape index (κ1) is 19.4. The van der Waals surface area contributed by atoms with Gasteiger partial charge in [0.05, 0.1) is 16.1 Å². The molecular weight excluding hydrogens is 260 g/mol. The van der Waals surface area contributed by atoms with E-state index in [1.165, 1.54) is 54.3 Å². The first-order chi connectivity index (χ1) is 9.06. The molecule has 0 nitrogen and oxygen atoms in total. The van der Waals surface area contributed by atoms with Crippen molar-refractivity contribution in [2.24, 2.45) is 0 Å². The van der Waals surface area contributed by atoms with Gasteiger partial charge in [-0.1, -0.05) is 104 Å². The van der Waals surface area contributed by atoms with Crippen molar-refractivity contribution < 1.29 is 0 Å². The highest BCUT2D eigenvalue weighted by Gasteiger charge is 2.47. The maximum Gasteiger partial charge on any atom is 0.0532 e. The van der Waals surface area contributed by atoms with E-state index in [2.05, 4.69) is 48.5 Å². The first-order valence-corrected chi connectivity index (χ1v) is 14.5. The quantitative estimate of drug-likeness (QED) is 0.357. The van der Waals surface area contributed by atoms with E-state index in [9.17, 15) is 0 Å². The summed E-state index contributed by atoms with van der Waals surface area (Å²) in [5, 5.41) is 1.19. The lowest BCUT2D eigenvalue weighted by Crippen LogP contribution is -2.52. The lowest BCUT2D eigenvalue weighted by Gasteiger charge is -2.48. The highest BCUT2D eigenvalue weighted by molar-refractivity contribution is 6.99. The average Bonchev–Trinajstić information content (AvgIpc) is 2.48. The van der Waals surface area contributed by atoms with Crippen molar-refractivity contribution in [1.29, 1.82) is 0 Å². The number of rotatable bonds is 11. The third-order valence-electron chi connectivity index (χ3n) is 6.55. The molecule has 0 aromatic carbocycles. The molecule has 0 aliphatic heterocycles.